The Hall–Kier alpha value is -3.30. The van der Waals surface area contributed by atoms with Crippen LogP contribution in [0, 0.1) is 29.1 Å². The minimum atomic E-state index is -2.32. The summed E-state index contributed by atoms with van der Waals surface area (Å²) in [5, 5.41) is 2.19. The van der Waals surface area contributed by atoms with Crippen LogP contribution in [-0.2, 0) is 11.2 Å². The van der Waals surface area contributed by atoms with Crippen LogP contribution in [0.1, 0.15) is 26.3 Å². The average Bonchev–Trinajstić information content (AvgIpc) is 2.86. The molecule has 1 N–H and O–H groups in total. The van der Waals surface area contributed by atoms with Crippen molar-refractivity contribution < 1.29 is 36.3 Å². The van der Waals surface area contributed by atoms with Crippen LogP contribution in [-0.4, -0.2) is 29.7 Å². The first kappa shape index (κ1) is 18.5. The Bertz CT molecular complexity index is 993. The van der Waals surface area contributed by atoms with Crippen molar-refractivity contribution >= 4 is 23.4 Å². The number of benzene rings is 2. The van der Waals surface area contributed by atoms with Gasteiger partial charge in [0.1, 0.15) is 0 Å². The lowest BCUT2D eigenvalue weighted by Crippen LogP contribution is -2.24. The molecule has 3 rings (SSSR count). The van der Waals surface area contributed by atoms with Gasteiger partial charge in [-0.25, -0.2) is 22.0 Å². The standard InChI is InChI=1S/C17H9F5N2O3/c1-24-16(26)7-3-2-6(4-8(7)17(24)27)23-10(25)5-9-11(18)13(20)15(22)14(21)12(9)19/h2-4H,5H2,1H3,(H,23,25). The number of fused-ring (bicyclic) bond motifs is 1. The SMILES string of the molecule is CN1C(=O)c2ccc(NC(=O)Cc3c(F)c(F)c(F)c(F)c3F)cc2C1=O. The first-order valence-corrected chi connectivity index (χ1v) is 7.40. The number of hydrogen-bond donors (Lipinski definition) is 1. The maximum atomic E-state index is 13.6. The number of amides is 3. The maximum absolute atomic E-state index is 13.6. The highest BCUT2D eigenvalue weighted by Crippen LogP contribution is 2.26. The second kappa shape index (κ2) is 6.45. The van der Waals surface area contributed by atoms with Crippen LogP contribution in [0.15, 0.2) is 18.2 Å². The van der Waals surface area contributed by atoms with E-state index in [2.05, 4.69) is 5.32 Å². The van der Waals surface area contributed by atoms with Gasteiger partial charge >= 0.3 is 0 Å². The number of imide groups is 1. The Balaban J connectivity index is 1.85. The van der Waals surface area contributed by atoms with Crippen molar-refractivity contribution in [2.45, 2.75) is 6.42 Å². The molecule has 0 bridgehead atoms. The molecule has 0 saturated heterocycles. The predicted octanol–water partition coefficient (Wildman–Crippen LogP) is 2.79. The van der Waals surface area contributed by atoms with E-state index in [1.165, 1.54) is 25.2 Å². The molecule has 0 spiro atoms. The highest BCUT2D eigenvalue weighted by Gasteiger charge is 2.33. The predicted molar refractivity (Wildman–Crippen MR) is 81.4 cm³/mol. The third kappa shape index (κ3) is 2.92. The fraction of sp³-hybridized carbons (Fsp3) is 0.118. The van der Waals surface area contributed by atoms with Gasteiger partial charge in [0.15, 0.2) is 23.3 Å². The summed E-state index contributed by atoms with van der Waals surface area (Å²) in [6.45, 7) is 0. The molecular weight excluding hydrogens is 375 g/mol. The molecule has 27 heavy (non-hydrogen) atoms. The Kier molecular flexibility index (Phi) is 4.42. The molecule has 10 heteroatoms. The Morgan fingerprint density at radius 2 is 1.41 bits per heavy atom. The molecule has 0 atom stereocenters. The molecule has 140 valence electrons. The summed E-state index contributed by atoms with van der Waals surface area (Å²) >= 11 is 0. The van der Waals surface area contributed by atoms with Crippen molar-refractivity contribution in [3.63, 3.8) is 0 Å². The quantitative estimate of drug-likeness (QED) is 0.383. The number of anilines is 1. The summed E-state index contributed by atoms with van der Waals surface area (Å²) in [6, 6.07) is 3.71. The van der Waals surface area contributed by atoms with Crippen molar-refractivity contribution in [1.29, 1.82) is 0 Å². The number of halogens is 5. The van der Waals surface area contributed by atoms with Crippen molar-refractivity contribution in [3.8, 4) is 0 Å². The summed E-state index contributed by atoms with van der Waals surface area (Å²) in [5.74, 6) is -13.0. The Morgan fingerprint density at radius 1 is 0.889 bits per heavy atom. The van der Waals surface area contributed by atoms with Crippen molar-refractivity contribution in [3.05, 3.63) is 64.0 Å². The van der Waals surface area contributed by atoms with Gasteiger partial charge < -0.3 is 5.32 Å². The highest BCUT2D eigenvalue weighted by molar-refractivity contribution is 6.21. The van der Waals surface area contributed by atoms with Crippen LogP contribution >= 0.6 is 0 Å². The molecule has 1 aliphatic rings. The Labute approximate surface area is 148 Å². The molecule has 2 aromatic rings. The lowest BCUT2D eigenvalue weighted by atomic mass is 10.1. The third-order valence-corrected chi connectivity index (χ3v) is 4.01. The zero-order chi connectivity index (χ0) is 20.0. The monoisotopic (exact) mass is 384 g/mol. The van der Waals surface area contributed by atoms with Crippen LogP contribution in [0.5, 0.6) is 0 Å². The van der Waals surface area contributed by atoms with Gasteiger partial charge in [-0.05, 0) is 18.2 Å². The number of hydrogen-bond acceptors (Lipinski definition) is 3. The number of carbonyl (C=O) groups is 3. The molecule has 5 nitrogen and oxygen atoms in total. The van der Waals surface area contributed by atoms with E-state index in [9.17, 15) is 36.3 Å². The normalized spacial score (nSPS) is 13.2. The smallest absolute Gasteiger partial charge is 0.261 e. The van der Waals surface area contributed by atoms with Gasteiger partial charge in [-0.3, -0.25) is 19.3 Å². The lowest BCUT2D eigenvalue weighted by Gasteiger charge is -2.09. The third-order valence-electron chi connectivity index (χ3n) is 4.01. The first-order valence-electron chi connectivity index (χ1n) is 7.40. The summed E-state index contributed by atoms with van der Waals surface area (Å²) in [4.78, 5) is 36.5. The molecule has 0 saturated carbocycles. The molecule has 2 aromatic carbocycles. The second-order valence-electron chi connectivity index (χ2n) is 5.70. The highest BCUT2D eigenvalue weighted by atomic mass is 19.2. The fourth-order valence-electron chi connectivity index (χ4n) is 2.61. The van der Waals surface area contributed by atoms with Crippen LogP contribution < -0.4 is 5.32 Å². The van der Waals surface area contributed by atoms with E-state index in [1.54, 1.807) is 0 Å². The van der Waals surface area contributed by atoms with E-state index in [-0.39, 0.29) is 16.8 Å². The number of carbonyl (C=O) groups excluding carboxylic acids is 3. The van der Waals surface area contributed by atoms with Gasteiger partial charge in [-0.15, -0.1) is 0 Å². The number of nitrogens with zero attached hydrogens (tertiary/aromatic N) is 1. The number of nitrogens with one attached hydrogen (secondary N) is 1. The zero-order valence-corrected chi connectivity index (χ0v) is 13.5. The Morgan fingerprint density at radius 3 is 2.00 bits per heavy atom. The molecule has 0 aliphatic carbocycles. The largest absolute Gasteiger partial charge is 0.326 e. The van der Waals surface area contributed by atoms with E-state index in [0.717, 1.165) is 4.90 Å². The molecule has 0 fully saturated rings. The molecule has 3 amide bonds. The summed E-state index contributed by atoms with van der Waals surface area (Å²) in [6.07, 6.45) is -1.13. The minimum Gasteiger partial charge on any atom is -0.326 e. The van der Waals surface area contributed by atoms with Gasteiger partial charge in [-0.1, -0.05) is 0 Å². The van der Waals surface area contributed by atoms with Crippen molar-refractivity contribution in [2.75, 3.05) is 12.4 Å². The molecule has 1 heterocycles. The van der Waals surface area contributed by atoms with Gasteiger partial charge in [0.2, 0.25) is 11.7 Å². The van der Waals surface area contributed by atoms with Gasteiger partial charge in [0.25, 0.3) is 11.8 Å². The van der Waals surface area contributed by atoms with Gasteiger partial charge in [0, 0.05) is 18.3 Å². The minimum absolute atomic E-state index is 0.0107. The maximum Gasteiger partial charge on any atom is 0.261 e. The molecule has 1 aliphatic heterocycles. The molecule has 0 aromatic heterocycles. The molecular formula is C17H9F5N2O3. The van der Waals surface area contributed by atoms with E-state index >= 15 is 0 Å². The lowest BCUT2D eigenvalue weighted by molar-refractivity contribution is -0.115. The van der Waals surface area contributed by atoms with Crippen LogP contribution in [0.3, 0.4) is 0 Å². The van der Waals surface area contributed by atoms with Gasteiger partial charge in [-0.2, -0.15) is 0 Å². The van der Waals surface area contributed by atoms with Crippen LogP contribution in [0.2, 0.25) is 0 Å². The molecule has 0 radical (unpaired) electrons. The summed E-state index contributed by atoms with van der Waals surface area (Å²) in [5.41, 5.74) is -1.15. The van der Waals surface area contributed by atoms with E-state index in [1.807, 2.05) is 0 Å². The van der Waals surface area contributed by atoms with Crippen molar-refractivity contribution in [1.82, 2.24) is 4.90 Å². The fourth-order valence-corrected chi connectivity index (χ4v) is 2.61. The number of rotatable bonds is 3. The summed E-state index contributed by atoms with van der Waals surface area (Å²) in [7, 11) is 1.27. The van der Waals surface area contributed by atoms with Crippen LogP contribution in [0.25, 0.3) is 0 Å². The topological polar surface area (TPSA) is 66.5 Å². The van der Waals surface area contributed by atoms with E-state index in [0.29, 0.717) is 0 Å². The average molecular weight is 384 g/mol. The van der Waals surface area contributed by atoms with E-state index < -0.39 is 58.8 Å². The zero-order valence-electron chi connectivity index (χ0n) is 13.5. The van der Waals surface area contributed by atoms with E-state index in [4.69, 9.17) is 0 Å². The second-order valence-corrected chi connectivity index (χ2v) is 5.70. The first-order chi connectivity index (χ1) is 12.6. The van der Waals surface area contributed by atoms with Crippen LogP contribution in [0.4, 0.5) is 27.6 Å². The molecule has 0 unspecified atom stereocenters. The summed E-state index contributed by atoms with van der Waals surface area (Å²) < 4.78 is 66.6. The van der Waals surface area contributed by atoms with Gasteiger partial charge in [0.05, 0.1) is 17.5 Å². The van der Waals surface area contributed by atoms with Crippen molar-refractivity contribution in [2.24, 2.45) is 0 Å².